The SMILES string of the molecule is COCc1cc(O)[nH]c1O. The van der Waals surface area contributed by atoms with Gasteiger partial charge in [0.15, 0.2) is 11.8 Å². The Morgan fingerprint density at radius 1 is 1.60 bits per heavy atom. The summed E-state index contributed by atoms with van der Waals surface area (Å²) in [6.07, 6.45) is 0. The number of hydrogen-bond donors (Lipinski definition) is 3. The van der Waals surface area contributed by atoms with E-state index >= 15 is 0 Å². The predicted molar refractivity (Wildman–Crippen MR) is 34.8 cm³/mol. The van der Waals surface area contributed by atoms with Crippen molar-refractivity contribution in [2.45, 2.75) is 6.61 Å². The van der Waals surface area contributed by atoms with Gasteiger partial charge in [-0.05, 0) is 0 Å². The molecule has 3 N–H and O–H groups in total. The molecule has 0 atom stereocenters. The Morgan fingerprint density at radius 3 is 2.70 bits per heavy atom. The fourth-order valence-electron chi connectivity index (χ4n) is 0.737. The molecule has 1 aromatic rings. The van der Waals surface area contributed by atoms with E-state index in [0.29, 0.717) is 12.2 Å². The number of rotatable bonds is 2. The maximum Gasteiger partial charge on any atom is 0.196 e. The second kappa shape index (κ2) is 2.62. The number of hydrogen-bond acceptors (Lipinski definition) is 3. The fraction of sp³-hybridized carbons (Fsp3) is 0.333. The molecule has 1 aromatic heterocycles. The lowest BCUT2D eigenvalue weighted by atomic mass is 10.3. The average molecular weight is 143 g/mol. The van der Waals surface area contributed by atoms with Gasteiger partial charge in [-0.3, -0.25) is 4.98 Å². The van der Waals surface area contributed by atoms with E-state index in [-0.39, 0.29) is 11.8 Å². The van der Waals surface area contributed by atoms with Crippen molar-refractivity contribution in [1.29, 1.82) is 0 Å². The fourth-order valence-corrected chi connectivity index (χ4v) is 0.737. The molecule has 1 rings (SSSR count). The first-order chi connectivity index (χ1) is 4.74. The third kappa shape index (κ3) is 1.22. The van der Waals surface area contributed by atoms with Gasteiger partial charge in [-0.2, -0.15) is 0 Å². The van der Waals surface area contributed by atoms with Gasteiger partial charge < -0.3 is 14.9 Å². The summed E-state index contributed by atoms with van der Waals surface area (Å²) in [6, 6.07) is 1.42. The quantitative estimate of drug-likeness (QED) is 0.567. The highest BCUT2D eigenvalue weighted by Gasteiger charge is 2.03. The van der Waals surface area contributed by atoms with Gasteiger partial charge >= 0.3 is 0 Å². The molecule has 56 valence electrons. The van der Waals surface area contributed by atoms with Crippen LogP contribution in [0.5, 0.6) is 11.8 Å². The Labute approximate surface area is 58.1 Å². The van der Waals surface area contributed by atoms with Crippen molar-refractivity contribution in [2.75, 3.05) is 7.11 Å². The highest BCUT2D eigenvalue weighted by molar-refractivity contribution is 5.31. The molecule has 4 nitrogen and oxygen atoms in total. The first-order valence-corrected chi connectivity index (χ1v) is 2.83. The monoisotopic (exact) mass is 143 g/mol. The third-order valence-corrected chi connectivity index (χ3v) is 1.16. The van der Waals surface area contributed by atoms with Crippen LogP contribution in [0, 0.1) is 0 Å². The van der Waals surface area contributed by atoms with Crippen LogP contribution in [0.3, 0.4) is 0 Å². The molecule has 1 heterocycles. The summed E-state index contributed by atoms with van der Waals surface area (Å²) in [5.41, 5.74) is 0.556. The van der Waals surface area contributed by atoms with Crippen molar-refractivity contribution >= 4 is 0 Å². The summed E-state index contributed by atoms with van der Waals surface area (Å²) < 4.78 is 4.73. The lowest BCUT2D eigenvalue weighted by Gasteiger charge is -1.92. The first-order valence-electron chi connectivity index (χ1n) is 2.83. The van der Waals surface area contributed by atoms with Gasteiger partial charge in [0.05, 0.1) is 6.61 Å². The van der Waals surface area contributed by atoms with Crippen molar-refractivity contribution in [2.24, 2.45) is 0 Å². The van der Waals surface area contributed by atoms with Crippen LogP contribution < -0.4 is 0 Å². The van der Waals surface area contributed by atoms with Crippen LogP contribution in [0.25, 0.3) is 0 Å². The summed E-state index contributed by atoms with van der Waals surface area (Å²) in [4.78, 5) is 2.32. The highest BCUT2D eigenvalue weighted by atomic mass is 16.5. The summed E-state index contributed by atoms with van der Waals surface area (Å²) in [7, 11) is 1.52. The van der Waals surface area contributed by atoms with Crippen LogP contribution in [0.1, 0.15) is 5.56 Å². The topological polar surface area (TPSA) is 65.5 Å². The van der Waals surface area contributed by atoms with Gasteiger partial charge in [-0.25, -0.2) is 0 Å². The molecule has 0 aliphatic carbocycles. The minimum atomic E-state index is -0.0513. The molecule has 0 unspecified atom stereocenters. The standard InChI is InChI=1S/C6H9NO3/c1-10-3-4-2-5(8)7-6(4)9/h2,7-9H,3H2,1H3. The zero-order valence-corrected chi connectivity index (χ0v) is 5.59. The van der Waals surface area contributed by atoms with Crippen LogP contribution >= 0.6 is 0 Å². The Bertz CT molecular complexity index is 219. The number of H-pyrrole nitrogens is 1. The molecule has 0 saturated heterocycles. The van der Waals surface area contributed by atoms with E-state index < -0.39 is 0 Å². The molecular weight excluding hydrogens is 134 g/mol. The van der Waals surface area contributed by atoms with Gasteiger partial charge in [0, 0.05) is 18.7 Å². The van der Waals surface area contributed by atoms with Crippen LogP contribution in [0.2, 0.25) is 0 Å². The number of ether oxygens (including phenoxy) is 1. The van der Waals surface area contributed by atoms with Crippen molar-refractivity contribution in [3.05, 3.63) is 11.6 Å². The van der Waals surface area contributed by atoms with E-state index in [1.54, 1.807) is 0 Å². The van der Waals surface area contributed by atoms with E-state index in [4.69, 9.17) is 14.9 Å². The maximum absolute atomic E-state index is 8.97. The van der Waals surface area contributed by atoms with Gasteiger partial charge in [-0.15, -0.1) is 0 Å². The van der Waals surface area contributed by atoms with E-state index in [0.717, 1.165) is 0 Å². The first kappa shape index (κ1) is 6.95. The van der Waals surface area contributed by atoms with Crippen molar-refractivity contribution in [3.63, 3.8) is 0 Å². The molecule has 0 aliphatic heterocycles. The van der Waals surface area contributed by atoms with Gasteiger partial charge in [0.1, 0.15) is 0 Å². The Morgan fingerprint density at radius 2 is 2.30 bits per heavy atom. The lowest BCUT2D eigenvalue weighted by molar-refractivity contribution is 0.182. The molecule has 0 fully saturated rings. The summed E-state index contributed by atoms with van der Waals surface area (Å²) in [5, 5.41) is 17.8. The number of aromatic amines is 1. The Kier molecular flexibility index (Phi) is 1.82. The van der Waals surface area contributed by atoms with E-state index in [1.807, 2.05) is 0 Å². The summed E-state index contributed by atoms with van der Waals surface area (Å²) >= 11 is 0. The van der Waals surface area contributed by atoms with E-state index in [2.05, 4.69) is 4.98 Å². The zero-order chi connectivity index (χ0) is 7.56. The molecule has 0 aromatic carbocycles. The van der Waals surface area contributed by atoms with Crippen LogP contribution in [0.4, 0.5) is 0 Å². The zero-order valence-electron chi connectivity index (χ0n) is 5.59. The molecule has 10 heavy (non-hydrogen) atoms. The number of nitrogens with one attached hydrogen (secondary N) is 1. The maximum atomic E-state index is 8.97. The molecule has 0 amide bonds. The Balaban J connectivity index is 2.81. The average Bonchev–Trinajstić information content (AvgIpc) is 2.13. The van der Waals surface area contributed by atoms with E-state index in [9.17, 15) is 0 Å². The largest absolute Gasteiger partial charge is 0.495 e. The van der Waals surface area contributed by atoms with E-state index in [1.165, 1.54) is 13.2 Å². The summed E-state index contributed by atoms with van der Waals surface area (Å²) in [6.45, 7) is 0.295. The number of aromatic nitrogens is 1. The molecule has 0 aliphatic rings. The third-order valence-electron chi connectivity index (χ3n) is 1.16. The lowest BCUT2D eigenvalue weighted by Crippen LogP contribution is -1.83. The number of aromatic hydroxyl groups is 2. The highest BCUT2D eigenvalue weighted by Crippen LogP contribution is 2.21. The van der Waals surface area contributed by atoms with Crippen LogP contribution in [0.15, 0.2) is 6.07 Å². The van der Waals surface area contributed by atoms with Gasteiger partial charge in [-0.1, -0.05) is 0 Å². The number of methoxy groups -OCH3 is 1. The molecule has 0 spiro atoms. The molecule has 4 heteroatoms. The minimum absolute atomic E-state index is 0.0423. The minimum Gasteiger partial charge on any atom is -0.495 e. The smallest absolute Gasteiger partial charge is 0.196 e. The van der Waals surface area contributed by atoms with Crippen molar-refractivity contribution in [3.8, 4) is 11.8 Å². The molecule has 0 bridgehead atoms. The second-order valence-electron chi connectivity index (χ2n) is 1.96. The summed E-state index contributed by atoms with van der Waals surface area (Å²) in [5.74, 6) is -0.0936. The normalized spacial score (nSPS) is 10.1. The van der Waals surface area contributed by atoms with Gasteiger partial charge in [0.2, 0.25) is 0 Å². The molecular formula is C6H9NO3. The molecule has 0 radical (unpaired) electrons. The second-order valence-corrected chi connectivity index (χ2v) is 1.96. The predicted octanol–water partition coefficient (Wildman–Crippen LogP) is 0.572. The Hall–Kier alpha value is -1.16. The van der Waals surface area contributed by atoms with Gasteiger partial charge in [0.25, 0.3) is 0 Å². The van der Waals surface area contributed by atoms with Crippen LogP contribution in [-0.2, 0) is 11.3 Å². The molecule has 0 saturated carbocycles. The van der Waals surface area contributed by atoms with Crippen molar-refractivity contribution < 1.29 is 14.9 Å². The van der Waals surface area contributed by atoms with Crippen molar-refractivity contribution in [1.82, 2.24) is 4.98 Å². The van der Waals surface area contributed by atoms with Crippen LogP contribution in [-0.4, -0.2) is 22.3 Å².